The Balaban J connectivity index is 1.82. The third kappa shape index (κ3) is 6.74. The molecule has 2 aromatic carbocycles. The first-order valence-corrected chi connectivity index (χ1v) is 12.5. The number of aryl methyl sites for hydroxylation is 2. The minimum atomic E-state index is -4.41. The van der Waals surface area contributed by atoms with Gasteiger partial charge in [0.2, 0.25) is 0 Å². The molecular formula is C25H23Cl2F3N2O4S. The SMILES string of the molecule is CON=C(CCc1ccc(OC(C)(C)C(=O)O)c(Cl)c1Cl)c1sc(-c2ccc(C(F)(F)F)cc2)nc1C. The molecule has 0 radical (unpaired) electrons. The molecule has 198 valence electrons. The lowest BCUT2D eigenvalue weighted by atomic mass is 10.1. The number of rotatable bonds is 9. The number of carbonyl (C=O) groups is 1. The van der Waals surface area contributed by atoms with Gasteiger partial charge in [-0.05, 0) is 57.4 Å². The highest BCUT2D eigenvalue weighted by Gasteiger charge is 2.31. The zero-order valence-electron chi connectivity index (χ0n) is 20.2. The van der Waals surface area contributed by atoms with Crippen molar-refractivity contribution in [1.82, 2.24) is 4.98 Å². The quantitative estimate of drug-likeness (QED) is 0.209. The highest BCUT2D eigenvalue weighted by atomic mass is 35.5. The Morgan fingerprint density at radius 3 is 2.32 bits per heavy atom. The maximum Gasteiger partial charge on any atom is 0.416 e. The number of nitrogens with zero attached hydrogens (tertiary/aromatic N) is 2. The molecule has 1 N–H and O–H groups in total. The minimum absolute atomic E-state index is 0.0947. The van der Waals surface area contributed by atoms with E-state index in [-0.39, 0.29) is 15.8 Å². The van der Waals surface area contributed by atoms with E-state index in [9.17, 15) is 23.1 Å². The van der Waals surface area contributed by atoms with Crippen LogP contribution >= 0.6 is 34.5 Å². The Morgan fingerprint density at radius 1 is 1.11 bits per heavy atom. The number of hydrogen-bond acceptors (Lipinski definition) is 6. The second kappa shape index (κ2) is 11.3. The summed E-state index contributed by atoms with van der Waals surface area (Å²) in [6, 6.07) is 8.06. The zero-order valence-corrected chi connectivity index (χ0v) is 22.6. The maximum absolute atomic E-state index is 12.9. The van der Waals surface area contributed by atoms with Gasteiger partial charge in [-0.1, -0.05) is 46.6 Å². The molecule has 0 bridgehead atoms. The molecule has 3 aromatic rings. The van der Waals surface area contributed by atoms with E-state index in [0.717, 1.165) is 17.0 Å². The Labute approximate surface area is 225 Å². The predicted molar refractivity (Wildman–Crippen MR) is 138 cm³/mol. The number of hydrogen-bond donors (Lipinski definition) is 1. The van der Waals surface area contributed by atoms with Crippen molar-refractivity contribution in [1.29, 1.82) is 0 Å². The van der Waals surface area contributed by atoms with Crippen LogP contribution < -0.4 is 4.74 Å². The zero-order chi connectivity index (χ0) is 27.5. The van der Waals surface area contributed by atoms with Crippen molar-refractivity contribution in [3.8, 4) is 16.3 Å². The summed E-state index contributed by atoms with van der Waals surface area (Å²) in [5.74, 6) is -1.01. The number of ether oxygens (including phenoxy) is 1. The van der Waals surface area contributed by atoms with E-state index in [1.807, 2.05) is 0 Å². The second-order valence-corrected chi connectivity index (χ2v) is 10.3. The lowest BCUT2D eigenvalue weighted by molar-refractivity contribution is -0.152. The van der Waals surface area contributed by atoms with E-state index < -0.39 is 23.3 Å². The Bertz CT molecular complexity index is 1320. The summed E-state index contributed by atoms with van der Waals surface area (Å²) in [5.41, 5.74) is 0.237. The summed E-state index contributed by atoms with van der Waals surface area (Å²) >= 11 is 14.1. The van der Waals surface area contributed by atoms with Crippen LogP contribution in [0, 0.1) is 6.92 Å². The van der Waals surface area contributed by atoms with Gasteiger partial charge >= 0.3 is 12.1 Å². The first kappa shape index (κ1) is 28.7. The van der Waals surface area contributed by atoms with Crippen LogP contribution in [0.2, 0.25) is 10.0 Å². The highest BCUT2D eigenvalue weighted by molar-refractivity contribution is 7.17. The maximum atomic E-state index is 12.9. The molecular weight excluding hydrogens is 552 g/mol. The van der Waals surface area contributed by atoms with Gasteiger partial charge in [-0.3, -0.25) is 0 Å². The van der Waals surface area contributed by atoms with Crippen molar-refractivity contribution in [2.75, 3.05) is 7.11 Å². The Morgan fingerprint density at radius 2 is 1.76 bits per heavy atom. The van der Waals surface area contributed by atoms with E-state index >= 15 is 0 Å². The minimum Gasteiger partial charge on any atom is -0.478 e. The van der Waals surface area contributed by atoms with E-state index in [1.54, 1.807) is 19.1 Å². The molecule has 0 amide bonds. The van der Waals surface area contributed by atoms with Gasteiger partial charge in [-0.25, -0.2) is 9.78 Å². The van der Waals surface area contributed by atoms with Crippen molar-refractivity contribution >= 4 is 46.2 Å². The summed E-state index contributed by atoms with van der Waals surface area (Å²) in [6.45, 7) is 4.58. The number of aromatic nitrogens is 1. The van der Waals surface area contributed by atoms with E-state index in [2.05, 4.69) is 10.1 Å². The van der Waals surface area contributed by atoms with Crippen molar-refractivity contribution in [2.45, 2.75) is 45.4 Å². The molecule has 0 aliphatic carbocycles. The molecule has 1 aromatic heterocycles. The lowest BCUT2D eigenvalue weighted by Gasteiger charge is -2.23. The monoisotopic (exact) mass is 574 g/mol. The molecule has 0 spiro atoms. The highest BCUT2D eigenvalue weighted by Crippen LogP contribution is 2.38. The van der Waals surface area contributed by atoms with Crippen molar-refractivity contribution in [2.24, 2.45) is 5.16 Å². The summed E-state index contributed by atoms with van der Waals surface area (Å²) in [7, 11) is 1.41. The van der Waals surface area contributed by atoms with Gasteiger partial charge in [0.1, 0.15) is 22.9 Å². The van der Waals surface area contributed by atoms with Gasteiger partial charge in [0.15, 0.2) is 5.60 Å². The Kier molecular flexibility index (Phi) is 8.77. The molecule has 0 aliphatic heterocycles. The fourth-order valence-electron chi connectivity index (χ4n) is 3.32. The van der Waals surface area contributed by atoms with E-state index in [1.165, 1.54) is 44.4 Å². The van der Waals surface area contributed by atoms with E-state index in [0.29, 0.717) is 40.4 Å². The summed E-state index contributed by atoms with van der Waals surface area (Å²) in [5, 5.41) is 14.3. The molecule has 3 rings (SSSR count). The van der Waals surface area contributed by atoms with E-state index in [4.69, 9.17) is 32.8 Å². The van der Waals surface area contributed by atoms with Crippen LogP contribution in [0.3, 0.4) is 0 Å². The average molecular weight is 575 g/mol. The molecule has 0 aliphatic rings. The lowest BCUT2D eigenvalue weighted by Crippen LogP contribution is -2.38. The summed E-state index contributed by atoms with van der Waals surface area (Å²) < 4.78 is 44.2. The second-order valence-electron chi connectivity index (χ2n) is 8.50. The first-order valence-electron chi connectivity index (χ1n) is 10.9. The van der Waals surface area contributed by atoms with Crippen LogP contribution in [0.4, 0.5) is 13.2 Å². The molecule has 0 fully saturated rings. The molecule has 6 nitrogen and oxygen atoms in total. The van der Waals surface area contributed by atoms with Gasteiger partial charge in [0.25, 0.3) is 0 Å². The topological polar surface area (TPSA) is 81.0 Å². The largest absolute Gasteiger partial charge is 0.478 e. The van der Waals surface area contributed by atoms with Gasteiger partial charge in [0, 0.05) is 5.56 Å². The molecule has 0 atom stereocenters. The van der Waals surface area contributed by atoms with Gasteiger partial charge in [0.05, 0.1) is 26.9 Å². The predicted octanol–water partition coefficient (Wildman–Crippen LogP) is 7.67. The number of benzene rings is 2. The van der Waals surface area contributed by atoms with Crippen LogP contribution in [-0.4, -0.2) is 34.5 Å². The number of thiazole rings is 1. The standard InChI is InChI=1S/C25H23Cl2F3N2O4S/c1-13-21(37-22(31-13)15-5-9-16(10-6-15)25(28,29)30)17(32-35-4)11-7-14-8-12-18(20(27)19(14)26)36-24(2,3)23(33)34/h5-6,8-10,12H,7,11H2,1-4H3,(H,33,34). The third-order valence-corrected chi connectivity index (χ3v) is 7.52. The van der Waals surface area contributed by atoms with Crippen LogP contribution in [-0.2, 0) is 22.2 Å². The molecule has 1 heterocycles. The van der Waals surface area contributed by atoms with Crippen LogP contribution in [0.15, 0.2) is 41.6 Å². The van der Waals surface area contributed by atoms with Crippen molar-refractivity contribution in [3.05, 3.63) is 68.1 Å². The molecule has 12 heteroatoms. The number of halogens is 5. The Hall–Kier alpha value is -2.82. The number of oxime groups is 1. The fraction of sp³-hybridized carbons (Fsp3) is 0.320. The number of alkyl halides is 3. The van der Waals surface area contributed by atoms with Gasteiger partial charge in [-0.15, -0.1) is 11.3 Å². The first-order chi connectivity index (χ1) is 17.2. The molecule has 0 saturated carbocycles. The summed E-state index contributed by atoms with van der Waals surface area (Å²) in [6.07, 6.45) is -3.61. The van der Waals surface area contributed by atoms with Crippen LogP contribution in [0.5, 0.6) is 5.75 Å². The molecule has 0 unspecified atom stereocenters. The van der Waals surface area contributed by atoms with Crippen LogP contribution in [0.1, 0.15) is 42.0 Å². The van der Waals surface area contributed by atoms with Crippen molar-refractivity contribution < 1.29 is 32.6 Å². The van der Waals surface area contributed by atoms with Crippen molar-refractivity contribution in [3.63, 3.8) is 0 Å². The van der Waals surface area contributed by atoms with Crippen LogP contribution in [0.25, 0.3) is 10.6 Å². The third-order valence-electron chi connectivity index (χ3n) is 5.36. The van der Waals surface area contributed by atoms with Gasteiger partial charge < -0.3 is 14.7 Å². The number of carboxylic acids is 1. The molecule has 37 heavy (non-hydrogen) atoms. The average Bonchev–Trinajstić information content (AvgIpc) is 3.21. The van der Waals surface area contributed by atoms with Gasteiger partial charge in [-0.2, -0.15) is 13.2 Å². The fourth-order valence-corrected chi connectivity index (χ4v) is 4.87. The molecule has 0 saturated heterocycles. The summed E-state index contributed by atoms with van der Waals surface area (Å²) in [4.78, 5) is 21.6. The number of aliphatic carboxylic acids is 1. The number of carboxylic acid groups (broad SMARTS) is 1. The normalized spacial score (nSPS) is 12.5. The smallest absolute Gasteiger partial charge is 0.416 e.